The molecule has 1 aliphatic heterocycles. The fourth-order valence-corrected chi connectivity index (χ4v) is 3.39. The molecule has 0 spiro atoms. The van der Waals surface area contributed by atoms with Gasteiger partial charge in [-0.2, -0.15) is 0 Å². The third kappa shape index (κ3) is 5.54. The number of hydrogen-bond acceptors (Lipinski definition) is 6. The molecule has 0 N–H and O–H groups in total. The average molecular weight is 447 g/mol. The van der Waals surface area contributed by atoms with Gasteiger partial charge < -0.3 is 14.4 Å². The van der Waals surface area contributed by atoms with E-state index in [9.17, 15) is 4.79 Å². The molecule has 134 valence electrons. The summed E-state index contributed by atoms with van der Waals surface area (Å²) in [5.74, 6) is 0.871. The van der Waals surface area contributed by atoms with Crippen molar-refractivity contribution < 1.29 is 14.3 Å². The molecule has 0 radical (unpaired) electrons. The highest BCUT2D eigenvalue weighted by molar-refractivity contribution is 14.1. The highest BCUT2D eigenvalue weighted by atomic mass is 127. The van der Waals surface area contributed by atoms with Crippen LogP contribution in [0, 0.1) is 9.62 Å². The van der Waals surface area contributed by atoms with Crippen molar-refractivity contribution in [2.75, 3.05) is 38.3 Å². The zero-order valence-electron chi connectivity index (χ0n) is 14.5. The Hall–Kier alpha value is -0.960. The summed E-state index contributed by atoms with van der Waals surface area (Å²) in [5.41, 5.74) is 1.05. The molecule has 0 bridgehead atoms. The number of halogens is 1. The number of carbonyl (C=O) groups is 1. The molecule has 1 fully saturated rings. The zero-order valence-corrected chi connectivity index (χ0v) is 16.6. The number of aromatic nitrogens is 2. The Morgan fingerprint density at radius 3 is 2.79 bits per heavy atom. The van der Waals surface area contributed by atoms with Crippen molar-refractivity contribution in [2.45, 2.75) is 39.0 Å². The Balaban J connectivity index is 1.91. The molecule has 0 saturated carbocycles. The van der Waals surface area contributed by atoms with Crippen molar-refractivity contribution in [2.24, 2.45) is 5.92 Å². The largest absolute Gasteiger partial charge is 0.466 e. The van der Waals surface area contributed by atoms with E-state index in [1.165, 1.54) is 0 Å². The summed E-state index contributed by atoms with van der Waals surface area (Å²) in [6, 6.07) is 0. The van der Waals surface area contributed by atoms with Gasteiger partial charge in [0.2, 0.25) is 0 Å². The highest BCUT2D eigenvalue weighted by Crippen LogP contribution is 2.24. The number of ether oxygens (including phenoxy) is 2. The van der Waals surface area contributed by atoms with Crippen LogP contribution in [0.1, 0.15) is 38.3 Å². The lowest BCUT2D eigenvalue weighted by atomic mass is 9.97. The summed E-state index contributed by atoms with van der Waals surface area (Å²) >= 11 is 2.25. The molecule has 1 saturated heterocycles. The number of piperidine rings is 1. The lowest BCUT2D eigenvalue weighted by Gasteiger charge is -2.31. The van der Waals surface area contributed by atoms with Crippen LogP contribution in [0.5, 0.6) is 0 Å². The summed E-state index contributed by atoms with van der Waals surface area (Å²) in [6.45, 7) is 4.73. The van der Waals surface area contributed by atoms with E-state index in [2.05, 4.69) is 32.5 Å². The highest BCUT2D eigenvalue weighted by Gasteiger charge is 2.26. The third-order valence-electron chi connectivity index (χ3n) is 4.23. The third-order valence-corrected chi connectivity index (χ3v) is 5.13. The molecular weight excluding hydrogens is 421 g/mol. The van der Waals surface area contributed by atoms with Gasteiger partial charge in [0.05, 0.1) is 24.4 Å². The zero-order chi connectivity index (χ0) is 17.4. The molecule has 1 aromatic rings. The number of rotatable bonds is 8. The van der Waals surface area contributed by atoms with E-state index < -0.39 is 0 Å². The van der Waals surface area contributed by atoms with Gasteiger partial charge in [-0.25, -0.2) is 9.97 Å². The van der Waals surface area contributed by atoms with Crippen LogP contribution >= 0.6 is 22.6 Å². The van der Waals surface area contributed by atoms with Crippen molar-refractivity contribution in [3.05, 3.63) is 15.6 Å². The Bertz CT molecular complexity index is 534. The Morgan fingerprint density at radius 2 is 2.12 bits per heavy atom. The minimum Gasteiger partial charge on any atom is -0.466 e. The van der Waals surface area contributed by atoms with E-state index in [0.717, 1.165) is 67.0 Å². The van der Waals surface area contributed by atoms with Gasteiger partial charge in [-0.15, -0.1) is 0 Å². The number of methoxy groups -OCH3 is 1. The van der Waals surface area contributed by atoms with Crippen LogP contribution in [-0.4, -0.2) is 49.4 Å². The smallest absolute Gasteiger partial charge is 0.309 e. The lowest BCUT2D eigenvalue weighted by Crippen LogP contribution is -2.37. The monoisotopic (exact) mass is 447 g/mol. The summed E-state index contributed by atoms with van der Waals surface area (Å²) in [5, 5.41) is 0. The molecule has 24 heavy (non-hydrogen) atoms. The van der Waals surface area contributed by atoms with Crippen molar-refractivity contribution in [1.29, 1.82) is 0 Å². The van der Waals surface area contributed by atoms with Crippen molar-refractivity contribution in [3.8, 4) is 0 Å². The van der Waals surface area contributed by atoms with E-state index in [-0.39, 0.29) is 11.9 Å². The Labute approximate surface area is 157 Å². The molecule has 7 heteroatoms. The summed E-state index contributed by atoms with van der Waals surface area (Å²) in [7, 11) is 1.73. The number of anilines is 1. The van der Waals surface area contributed by atoms with E-state index in [1.54, 1.807) is 7.11 Å². The minimum absolute atomic E-state index is 0.0199. The van der Waals surface area contributed by atoms with Crippen LogP contribution < -0.4 is 4.90 Å². The maximum Gasteiger partial charge on any atom is 0.309 e. The van der Waals surface area contributed by atoms with Gasteiger partial charge in [-0.05, 0) is 61.6 Å². The number of esters is 1. The molecule has 2 heterocycles. The van der Waals surface area contributed by atoms with Gasteiger partial charge in [-0.3, -0.25) is 4.79 Å². The quantitative estimate of drug-likeness (QED) is 0.347. The number of aryl methyl sites for hydroxylation is 1. The number of nitrogens with zero attached hydrogens (tertiary/aromatic N) is 3. The average Bonchev–Trinajstić information content (AvgIpc) is 2.60. The molecule has 0 amide bonds. The minimum atomic E-state index is -0.0651. The van der Waals surface area contributed by atoms with Crippen molar-refractivity contribution >= 4 is 34.4 Å². The molecule has 6 nitrogen and oxygen atoms in total. The van der Waals surface area contributed by atoms with Gasteiger partial charge >= 0.3 is 5.97 Å². The van der Waals surface area contributed by atoms with E-state index >= 15 is 0 Å². The van der Waals surface area contributed by atoms with Crippen molar-refractivity contribution in [3.63, 3.8) is 0 Å². The van der Waals surface area contributed by atoms with Crippen LogP contribution in [0.15, 0.2) is 6.20 Å². The first kappa shape index (κ1) is 19.4. The summed E-state index contributed by atoms with van der Waals surface area (Å²) < 4.78 is 11.2. The SMILES string of the molecule is CCOC(=O)C1CCN(c2cnc(I)c(CCCCOC)n2)CC1. The second-order valence-electron chi connectivity index (χ2n) is 5.93. The van der Waals surface area contributed by atoms with Gasteiger partial charge in [0, 0.05) is 26.8 Å². The standard InChI is InChI=1S/C17H26IN3O3/c1-3-24-17(22)13-7-9-21(10-8-13)15-12-19-16(18)14(20-15)6-4-5-11-23-2/h12-13H,3-11H2,1-2H3. The maximum atomic E-state index is 11.8. The molecular formula is C17H26IN3O3. The Kier molecular flexibility index (Phi) is 8.17. The first-order valence-corrected chi connectivity index (χ1v) is 9.65. The first-order valence-electron chi connectivity index (χ1n) is 8.57. The van der Waals surface area contributed by atoms with Gasteiger partial charge in [0.25, 0.3) is 0 Å². The fraction of sp³-hybridized carbons (Fsp3) is 0.706. The van der Waals surface area contributed by atoms with Crippen LogP contribution in [0.3, 0.4) is 0 Å². The molecule has 2 rings (SSSR count). The van der Waals surface area contributed by atoms with Gasteiger partial charge in [0.1, 0.15) is 9.52 Å². The second kappa shape index (κ2) is 10.1. The predicted octanol–water partition coefficient (Wildman–Crippen LogP) is 2.83. The topological polar surface area (TPSA) is 64.5 Å². The summed E-state index contributed by atoms with van der Waals surface area (Å²) in [6.07, 6.45) is 6.47. The van der Waals surface area contributed by atoms with E-state index in [1.807, 2.05) is 13.1 Å². The number of hydrogen-bond donors (Lipinski definition) is 0. The van der Waals surface area contributed by atoms with Crippen LogP contribution in [0.25, 0.3) is 0 Å². The molecule has 0 unspecified atom stereocenters. The van der Waals surface area contributed by atoms with Crippen LogP contribution in [-0.2, 0) is 20.7 Å². The first-order chi connectivity index (χ1) is 11.7. The summed E-state index contributed by atoms with van der Waals surface area (Å²) in [4.78, 5) is 23.3. The van der Waals surface area contributed by atoms with Crippen LogP contribution in [0.4, 0.5) is 5.82 Å². The van der Waals surface area contributed by atoms with E-state index in [0.29, 0.717) is 6.61 Å². The van der Waals surface area contributed by atoms with Crippen molar-refractivity contribution in [1.82, 2.24) is 9.97 Å². The number of carbonyl (C=O) groups excluding carboxylic acids is 1. The molecule has 0 aliphatic carbocycles. The number of unbranched alkanes of at least 4 members (excludes halogenated alkanes) is 1. The Morgan fingerprint density at radius 1 is 1.38 bits per heavy atom. The maximum absolute atomic E-state index is 11.8. The second-order valence-corrected chi connectivity index (χ2v) is 6.95. The van der Waals surface area contributed by atoms with E-state index in [4.69, 9.17) is 14.5 Å². The van der Waals surface area contributed by atoms with Gasteiger partial charge in [-0.1, -0.05) is 0 Å². The lowest BCUT2D eigenvalue weighted by molar-refractivity contribution is -0.148. The molecule has 0 atom stereocenters. The molecule has 1 aromatic heterocycles. The fourth-order valence-electron chi connectivity index (χ4n) is 2.86. The van der Waals surface area contributed by atoms with Crippen LogP contribution in [0.2, 0.25) is 0 Å². The molecule has 0 aromatic carbocycles. The predicted molar refractivity (Wildman–Crippen MR) is 101 cm³/mol. The molecule has 1 aliphatic rings. The van der Waals surface area contributed by atoms with Gasteiger partial charge in [0.15, 0.2) is 0 Å². The normalized spacial score (nSPS) is 15.5.